The summed E-state index contributed by atoms with van der Waals surface area (Å²) in [5.74, 6) is 1.12. The van der Waals surface area contributed by atoms with Crippen molar-refractivity contribution in [3.8, 4) is 0 Å². The molecule has 1 fully saturated rings. The van der Waals surface area contributed by atoms with Gasteiger partial charge in [-0.25, -0.2) is 0 Å². The van der Waals surface area contributed by atoms with Gasteiger partial charge >= 0.3 is 0 Å². The van der Waals surface area contributed by atoms with Gasteiger partial charge in [-0.1, -0.05) is 32.0 Å². The van der Waals surface area contributed by atoms with Crippen molar-refractivity contribution in [1.29, 1.82) is 0 Å². The lowest BCUT2D eigenvalue weighted by atomic mass is 10.0. The number of benzene rings is 1. The molecule has 0 spiro atoms. The number of hydrogen-bond donors (Lipinski definition) is 0. The van der Waals surface area contributed by atoms with E-state index in [4.69, 9.17) is 0 Å². The molecule has 1 unspecified atom stereocenters. The summed E-state index contributed by atoms with van der Waals surface area (Å²) in [4.78, 5) is 17.4. The van der Waals surface area contributed by atoms with Gasteiger partial charge in [-0.05, 0) is 56.7 Å². The Balaban J connectivity index is 1.59. The number of rotatable bonds is 5. The van der Waals surface area contributed by atoms with Gasteiger partial charge in [-0.15, -0.1) is 0 Å². The van der Waals surface area contributed by atoms with Crippen LogP contribution >= 0.6 is 0 Å². The minimum absolute atomic E-state index is 0.0234. The zero-order valence-electron chi connectivity index (χ0n) is 14.8. The van der Waals surface area contributed by atoms with Crippen molar-refractivity contribution in [3.05, 3.63) is 29.8 Å². The molecule has 3 rings (SSSR count). The molecule has 1 saturated heterocycles. The first-order chi connectivity index (χ1) is 11.1. The molecule has 0 saturated carbocycles. The third-order valence-corrected chi connectivity index (χ3v) is 5.45. The van der Waals surface area contributed by atoms with E-state index in [1.54, 1.807) is 0 Å². The number of fused-ring (bicyclic) bond motifs is 1. The molecule has 126 valence electrons. The molecular weight excluding hydrogens is 284 g/mol. The lowest BCUT2D eigenvalue weighted by molar-refractivity contribution is -0.119. The van der Waals surface area contributed by atoms with Crippen molar-refractivity contribution in [3.63, 3.8) is 0 Å². The molecule has 1 aromatic rings. The Labute approximate surface area is 140 Å². The summed E-state index contributed by atoms with van der Waals surface area (Å²) in [5.41, 5.74) is 2.36. The predicted octanol–water partition coefficient (Wildman–Crippen LogP) is 4.04. The van der Waals surface area contributed by atoms with Gasteiger partial charge in [-0.3, -0.25) is 4.79 Å². The van der Waals surface area contributed by atoms with Crippen LogP contribution in [0.3, 0.4) is 0 Å². The van der Waals surface area contributed by atoms with E-state index >= 15 is 0 Å². The Morgan fingerprint density at radius 2 is 1.87 bits per heavy atom. The summed E-state index contributed by atoms with van der Waals surface area (Å²) in [6.45, 7) is 10.1. The van der Waals surface area contributed by atoms with Gasteiger partial charge in [0.15, 0.2) is 0 Å². The van der Waals surface area contributed by atoms with Gasteiger partial charge in [0.1, 0.15) is 0 Å². The second-order valence-electron chi connectivity index (χ2n) is 7.60. The van der Waals surface area contributed by atoms with E-state index in [-0.39, 0.29) is 5.92 Å². The molecule has 1 amide bonds. The molecular formula is C20H30N2O. The van der Waals surface area contributed by atoms with Crippen molar-refractivity contribution in [2.45, 2.75) is 58.4 Å². The van der Waals surface area contributed by atoms with Crippen molar-refractivity contribution >= 4 is 11.6 Å². The van der Waals surface area contributed by atoms with Crippen LogP contribution in [-0.4, -0.2) is 36.5 Å². The van der Waals surface area contributed by atoms with Crippen LogP contribution in [-0.2, 0) is 4.79 Å². The van der Waals surface area contributed by atoms with Gasteiger partial charge in [0.05, 0.1) is 5.92 Å². The molecule has 23 heavy (non-hydrogen) atoms. The highest BCUT2D eigenvalue weighted by atomic mass is 16.2. The maximum absolute atomic E-state index is 12.7. The number of para-hydroxylation sites is 1. The molecule has 1 aromatic carbocycles. The zero-order chi connectivity index (χ0) is 16.4. The monoisotopic (exact) mass is 314 g/mol. The van der Waals surface area contributed by atoms with Crippen molar-refractivity contribution < 1.29 is 4.79 Å². The topological polar surface area (TPSA) is 23.6 Å². The summed E-state index contributed by atoms with van der Waals surface area (Å²) in [5, 5.41) is 0. The fourth-order valence-corrected chi connectivity index (χ4v) is 4.03. The third-order valence-electron chi connectivity index (χ3n) is 5.45. The van der Waals surface area contributed by atoms with Crippen molar-refractivity contribution in [1.82, 2.24) is 4.90 Å². The Hall–Kier alpha value is -1.35. The average Bonchev–Trinajstić information content (AvgIpc) is 2.80. The number of amides is 1. The Bertz CT molecular complexity index is 546. The largest absolute Gasteiger partial charge is 0.308 e. The highest BCUT2D eigenvalue weighted by Crippen LogP contribution is 2.39. The molecule has 0 N–H and O–H groups in total. The van der Waals surface area contributed by atoms with Crippen LogP contribution in [0.1, 0.15) is 57.9 Å². The Morgan fingerprint density at radius 3 is 2.57 bits per heavy atom. The second kappa shape index (κ2) is 7.04. The second-order valence-corrected chi connectivity index (χ2v) is 7.60. The number of anilines is 1. The molecule has 2 heterocycles. The van der Waals surface area contributed by atoms with Gasteiger partial charge in [0.25, 0.3) is 0 Å². The summed E-state index contributed by atoms with van der Waals surface area (Å²) >= 11 is 0. The predicted molar refractivity (Wildman–Crippen MR) is 95.9 cm³/mol. The fourth-order valence-electron chi connectivity index (χ4n) is 4.03. The lowest BCUT2D eigenvalue weighted by Gasteiger charge is -2.37. The first-order valence-corrected chi connectivity index (χ1v) is 9.22. The highest BCUT2D eigenvalue weighted by molar-refractivity contribution is 6.05. The maximum atomic E-state index is 12.7. The first-order valence-electron chi connectivity index (χ1n) is 9.22. The van der Waals surface area contributed by atoms with Crippen LogP contribution in [0.4, 0.5) is 5.69 Å². The minimum Gasteiger partial charge on any atom is -0.308 e. The smallest absolute Gasteiger partial charge is 0.234 e. The number of nitrogens with zero attached hydrogens (tertiary/aromatic N) is 2. The summed E-state index contributed by atoms with van der Waals surface area (Å²) in [6, 6.07) is 8.71. The van der Waals surface area contributed by atoms with Crippen LogP contribution in [0.15, 0.2) is 24.3 Å². The quantitative estimate of drug-likeness (QED) is 0.819. The van der Waals surface area contributed by atoms with Gasteiger partial charge < -0.3 is 9.80 Å². The van der Waals surface area contributed by atoms with E-state index in [1.165, 1.54) is 24.9 Å². The number of hydrogen-bond acceptors (Lipinski definition) is 2. The fraction of sp³-hybridized carbons (Fsp3) is 0.650. The number of likely N-dealkylation sites (tertiary alicyclic amines) is 1. The van der Waals surface area contributed by atoms with Gasteiger partial charge in [-0.2, -0.15) is 0 Å². The van der Waals surface area contributed by atoms with E-state index in [1.807, 2.05) is 13.0 Å². The maximum Gasteiger partial charge on any atom is 0.234 e. The van der Waals surface area contributed by atoms with Crippen molar-refractivity contribution in [2.24, 2.45) is 5.92 Å². The van der Waals surface area contributed by atoms with E-state index in [2.05, 4.69) is 41.8 Å². The number of piperidine rings is 1. The van der Waals surface area contributed by atoms with Crippen LogP contribution in [0, 0.1) is 5.92 Å². The van der Waals surface area contributed by atoms with Crippen molar-refractivity contribution in [2.75, 3.05) is 24.5 Å². The van der Waals surface area contributed by atoms with Crippen LogP contribution in [0.5, 0.6) is 0 Å². The molecule has 2 aliphatic rings. The highest BCUT2D eigenvalue weighted by Gasteiger charge is 2.38. The van der Waals surface area contributed by atoms with Gasteiger partial charge in [0, 0.05) is 24.8 Å². The van der Waals surface area contributed by atoms with E-state index in [9.17, 15) is 4.79 Å². The molecule has 0 bridgehead atoms. The average molecular weight is 314 g/mol. The standard InChI is InChI=1S/C20H30N2O/c1-15(2)7-6-12-21-13-10-17(11-14-21)22-19-9-5-4-8-18(19)16(3)20(22)23/h4-5,8-9,15-17H,6-7,10-14H2,1-3H3. The molecule has 2 aliphatic heterocycles. The van der Waals surface area contributed by atoms with Crippen LogP contribution < -0.4 is 4.90 Å². The summed E-state index contributed by atoms with van der Waals surface area (Å²) in [7, 11) is 0. The number of carbonyl (C=O) groups excluding carboxylic acids is 1. The Morgan fingerprint density at radius 1 is 1.17 bits per heavy atom. The summed E-state index contributed by atoms with van der Waals surface area (Å²) in [6.07, 6.45) is 4.82. The zero-order valence-corrected chi connectivity index (χ0v) is 14.8. The van der Waals surface area contributed by atoms with Crippen LogP contribution in [0.25, 0.3) is 0 Å². The molecule has 0 aromatic heterocycles. The lowest BCUT2D eigenvalue weighted by Crippen LogP contribution is -2.46. The molecule has 0 aliphatic carbocycles. The first kappa shape index (κ1) is 16.5. The molecule has 1 atom stereocenters. The van der Waals surface area contributed by atoms with Gasteiger partial charge in [0.2, 0.25) is 5.91 Å². The summed E-state index contributed by atoms with van der Waals surface area (Å²) < 4.78 is 0. The molecule has 3 nitrogen and oxygen atoms in total. The SMILES string of the molecule is CC(C)CCCN1CCC(N2C(=O)C(C)c3ccccc32)CC1. The van der Waals surface area contributed by atoms with E-state index < -0.39 is 0 Å². The number of carbonyl (C=O) groups is 1. The normalized spacial score (nSPS) is 22.9. The van der Waals surface area contributed by atoms with E-state index in [0.29, 0.717) is 11.9 Å². The van der Waals surface area contributed by atoms with E-state index in [0.717, 1.165) is 37.5 Å². The molecule has 3 heteroatoms. The van der Waals surface area contributed by atoms with Crippen LogP contribution in [0.2, 0.25) is 0 Å². The minimum atomic E-state index is 0.0234. The Kier molecular flexibility index (Phi) is 5.05. The molecule has 0 radical (unpaired) electrons. The third kappa shape index (κ3) is 3.45.